The fourth-order valence-corrected chi connectivity index (χ4v) is 9.42. The van der Waals surface area contributed by atoms with Crippen molar-refractivity contribution in [2.75, 3.05) is 16.3 Å². The average Bonchev–Trinajstić information content (AvgIpc) is 3.98. The number of carboxylic acid groups (broad SMARTS) is 1. The highest BCUT2D eigenvalue weighted by Gasteiger charge is 2.51. The first kappa shape index (κ1) is 38.9. The van der Waals surface area contributed by atoms with Crippen LogP contribution in [0.3, 0.4) is 0 Å². The molecule has 288 valence electrons. The molecule has 0 fully saturated rings. The monoisotopic (exact) mass is 796 g/mol. The van der Waals surface area contributed by atoms with E-state index in [2.05, 4.69) is 15.3 Å². The molecule has 5 aromatic carbocycles. The number of aromatic amines is 1. The Hall–Kier alpha value is -6.37. The molecule has 0 radical (unpaired) electrons. The number of benzene rings is 5. The predicted molar refractivity (Wildman–Crippen MR) is 223 cm³/mol. The maximum atomic E-state index is 15.4. The third-order valence-corrected chi connectivity index (χ3v) is 12.3. The molecular formula is C45H40N4O6S2. The van der Waals surface area contributed by atoms with Gasteiger partial charge in [0.25, 0.3) is 15.9 Å². The van der Waals surface area contributed by atoms with E-state index in [4.69, 9.17) is 4.42 Å². The summed E-state index contributed by atoms with van der Waals surface area (Å²) in [5, 5.41) is 12.2. The largest absolute Gasteiger partial charge is 0.480 e. The lowest BCUT2D eigenvalue weighted by Gasteiger charge is -2.47. The number of furan rings is 1. The van der Waals surface area contributed by atoms with E-state index in [1.165, 1.54) is 22.1 Å². The molecule has 1 amide bonds. The van der Waals surface area contributed by atoms with E-state index >= 15 is 8.42 Å². The van der Waals surface area contributed by atoms with E-state index in [-0.39, 0.29) is 17.1 Å². The Balaban J connectivity index is 1.41. The molecular weight excluding hydrogens is 757 g/mol. The third kappa shape index (κ3) is 7.87. The quantitative estimate of drug-likeness (QED) is 0.0825. The van der Waals surface area contributed by atoms with Crippen LogP contribution in [0.15, 0.2) is 180 Å². The van der Waals surface area contributed by atoms with Gasteiger partial charge in [-0.1, -0.05) is 109 Å². The van der Waals surface area contributed by atoms with Crippen molar-refractivity contribution in [3.05, 3.63) is 198 Å². The van der Waals surface area contributed by atoms with Crippen molar-refractivity contribution >= 4 is 39.3 Å². The number of aliphatic carboxylic acids is 1. The molecule has 0 aliphatic carbocycles. The van der Waals surface area contributed by atoms with E-state index in [1.807, 2.05) is 97.3 Å². The topological polar surface area (TPSA) is 146 Å². The van der Waals surface area contributed by atoms with Crippen LogP contribution >= 0.6 is 11.8 Å². The minimum absolute atomic E-state index is 0.0459. The Bertz CT molecular complexity index is 2400. The number of carboxylic acids is 1. The zero-order chi connectivity index (χ0) is 39.8. The van der Waals surface area contributed by atoms with Gasteiger partial charge in [-0.2, -0.15) is 11.8 Å². The van der Waals surface area contributed by atoms with E-state index in [9.17, 15) is 14.7 Å². The molecule has 10 nitrogen and oxygen atoms in total. The highest BCUT2D eigenvalue weighted by Crippen LogP contribution is 2.53. The molecule has 2 heterocycles. The van der Waals surface area contributed by atoms with Crippen molar-refractivity contribution in [3.8, 4) is 11.3 Å². The number of rotatable bonds is 16. The number of amides is 1. The molecule has 57 heavy (non-hydrogen) atoms. The number of sulfonamides is 1. The normalized spacial score (nSPS) is 12.7. The summed E-state index contributed by atoms with van der Waals surface area (Å²) in [5.41, 5.74) is 2.89. The van der Waals surface area contributed by atoms with Crippen LogP contribution in [-0.4, -0.2) is 53.4 Å². The van der Waals surface area contributed by atoms with Crippen LogP contribution in [0.4, 0.5) is 5.69 Å². The SMILES string of the molecule is CSCCC(NC(=O)c1ccc(-c2ccc(N(C(c3cnc[nH]3)C(c3ccccc3)(c3ccccc3)c3ccccc3)S(=O)(=O)c3ccccc3)cc2)o1)C(=O)O. The van der Waals surface area contributed by atoms with Crippen molar-refractivity contribution in [3.63, 3.8) is 0 Å². The maximum Gasteiger partial charge on any atom is 0.326 e. The molecule has 0 spiro atoms. The minimum atomic E-state index is -4.34. The second-order valence-corrected chi connectivity index (χ2v) is 16.1. The van der Waals surface area contributed by atoms with Crippen molar-refractivity contribution in [1.29, 1.82) is 0 Å². The minimum Gasteiger partial charge on any atom is -0.480 e. The summed E-state index contributed by atoms with van der Waals surface area (Å²) in [7, 11) is -4.34. The number of nitrogens with zero attached hydrogens (tertiary/aromatic N) is 2. The van der Waals surface area contributed by atoms with Gasteiger partial charge < -0.3 is 19.8 Å². The lowest BCUT2D eigenvalue weighted by Crippen LogP contribution is -2.48. The number of nitrogens with one attached hydrogen (secondary N) is 2. The van der Waals surface area contributed by atoms with Crippen molar-refractivity contribution < 1.29 is 27.5 Å². The average molecular weight is 797 g/mol. The summed E-state index contributed by atoms with van der Waals surface area (Å²) in [5.74, 6) is -0.908. The van der Waals surface area contributed by atoms with Gasteiger partial charge in [0.15, 0.2) is 5.76 Å². The Morgan fingerprint density at radius 3 is 1.82 bits per heavy atom. The first-order chi connectivity index (χ1) is 27.7. The number of aromatic nitrogens is 2. The number of H-pyrrole nitrogens is 1. The van der Waals surface area contributed by atoms with Crippen LogP contribution in [0.1, 0.15) is 45.4 Å². The standard InChI is InChI=1S/C45H40N4O6S2/c1-56-29-28-38(44(51)52)48-43(50)41-27-26-40(55-41)32-22-24-36(25-23-32)49(57(53,54)37-20-12-5-13-21-37)42(39-30-46-31-47-39)45(33-14-6-2-7-15-33,34-16-8-3-9-17-34)35-18-10-4-11-19-35/h2-27,30-31,38,42H,28-29H2,1H3,(H,46,47)(H,48,50)(H,51,52). The predicted octanol–water partition coefficient (Wildman–Crippen LogP) is 8.58. The van der Waals surface area contributed by atoms with Gasteiger partial charge in [-0.3, -0.25) is 9.10 Å². The van der Waals surface area contributed by atoms with Gasteiger partial charge in [-0.25, -0.2) is 18.2 Å². The molecule has 2 atom stereocenters. The summed E-state index contributed by atoms with van der Waals surface area (Å²) in [6, 6.07) is 46.0. The van der Waals surface area contributed by atoms with Crippen LogP contribution in [0.5, 0.6) is 0 Å². The Morgan fingerprint density at radius 2 is 1.33 bits per heavy atom. The fraction of sp³-hybridized carbons (Fsp3) is 0.133. The van der Waals surface area contributed by atoms with Crippen LogP contribution in [0, 0.1) is 0 Å². The van der Waals surface area contributed by atoms with Gasteiger partial charge in [0.05, 0.1) is 34.2 Å². The van der Waals surface area contributed by atoms with Gasteiger partial charge in [0, 0.05) is 5.56 Å². The van der Waals surface area contributed by atoms with Crippen molar-refractivity contribution in [2.24, 2.45) is 0 Å². The maximum absolute atomic E-state index is 15.4. The molecule has 0 aliphatic rings. The molecule has 7 aromatic rings. The Kier molecular flexibility index (Phi) is 11.7. The van der Waals surface area contributed by atoms with E-state index in [1.54, 1.807) is 73.2 Å². The van der Waals surface area contributed by atoms with E-state index < -0.39 is 39.4 Å². The fourth-order valence-electron chi connectivity index (χ4n) is 7.27. The lowest BCUT2D eigenvalue weighted by molar-refractivity contribution is -0.139. The summed E-state index contributed by atoms with van der Waals surface area (Å²) in [6.07, 6.45) is 5.35. The highest BCUT2D eigenvalue weighted by atomic mass is 32.2. The number of hydrogen-bond donors (Lipinski definition) is 3. The molecule has 2 aromatic heterocycles. The van der Waals surface area contributed by atoms with Crippen LogP contribution in [0.2, 0.25) is 0 Å². The van der Waals surface area contributed by atoms with E-state index in [0.717, 1.165) is 16.7 Å². The lowest BCUT2D eigenvalue weighted by atomic mass is 9.63. The third-order valence-electron chi connectivity index (χ3n) is 9.90. The summed E-state index contributed by atoms with van der Waals surface area (Å²) in [6.45, 7) is 0. The molecule has 3 N–H and O–H groups in total. The van der Waals surface area contributed by atoms with Crippen molar-refractivity contribution in [1.82, 2.24) is 15.3 Å². The number of imidazole rings is 1. The van der Waals surface area contributed by atoms with E-state index in [0.29, 0.717) is 28.5 Å². The highest BCUT2D eigenvalue weighted by molar-refractivity contribution is 7.98. The zero-order valence-corrected chi connectivity index (χ0v) is 32.6. The number of thioether (sulfide) groups is 1. The van der Waals surface area contributed by atoms with Gasteiger partial charge in [0.1, 0.15) is 17.8 Å². The molecule has 12 heteroatoms. The van der Waals surface area contributed by atoms with Crippen molar-refractivity contribution in [2.45, 2.75) is 28.8 Å². The van der Waals surface area contributed by atoms with Gasteiger partial charge >= 0.3 is 5.97 Å². The van der Waals surface area contributed by atoms with Crippen LogP contribution in [-0.2, 0) is 20.2 Å². The smallest absolute Gasteiger partial charge is 0.326 e. The Morgan fingerprint density at radius 1 is 0.789 bits per heavy atom. The first-order valence-corrected chi connectivity index (χ1v) is 21.1. The van der Waals surface area contributed by atoms with Crippen LogP contribution in [0.25, 0.3) is 11.3 Å². The molecule has 7 rings (SSSR count). The molecule has 0 bridgehead atoms. The van der Waals surface area contributed by atoms with Gasteiger partial charge in [-0.05, 0) is 83.7 Å². The second-order valence-electron chi connectivity index (χ2n) is 13.3. The summed E-state index contributed by atoms with van der Waals surface area (Å²) < 4.78 is 38.3. The number of hydrogen-bond acceptors (Lipinski definition) is 7. The summed E-state index contributed by atoms with van der Waals surface area (Å²) in [4.78, 5) is 32.6. The number of carbonyl (C=O) groups is 2. The molecule has 0 aliphatic heterocycles. The van der Waals surface area contributed by atoms with Gasteiger partial charge in [0.2, 0.25) is 0 Å². The molecule has 2 unspecified atom stereocenters. The second kappa shape index (κ2) is 17.2. The Labute approximate surface area is 335 Å². The number of carbonyl (C=O) groups excluding carboxylic acids is 1. The molecule has 0 saturated carbocycles. The zero-order valence-electron chi connectivity index (χ0n) is 30.9. The van der Waals surface area contributed by atoms with Crippen LogP contribution < -0.4 is 9.62 Å². The number of anilines is 1. The first-order valence-electron chi connectivity index (χ1n) is 18.2. The summed E-state index contributed by atoms with van der Waals surface area (Å²) >= 11 is 1.49. The molecule has 0 saturated heterocycles. The van der Waals surface area contributed by atoms with Gasteiger partial charge in [-0.15, -0.1) is 0 Å².